The van der Waals surface area contributed by atoms with Crippen LogP contribution in [0.1, 0.15) is 37.2 Å². The summed E-state index contributed by atoms with van der Waals surface area (Å²) in [5.41, 5.74) is 2.37. The van der Waals surface area contributed by atoms with E-state index in [1.807, 2.05) is 37.7 Å². The Morgan fingerprint density at radius 3 is 2.73 bits per heavy atom. The molecule has 3 rings (SSSR count). The third kappa shape index (κ3) is 4.54. The lowest BCUT2D eigenvalue weighted by atomic mass is 10.1. The molecule has 1 amide bonds. The molecule has 2 aromatic heterocycles. The molecule has 0 atom stereocenters. The number of nitrogens with zero attached hydrogens (tertiary/aromatic N) is 5. The highest BCUT2D eigenvalue weighted by Gasteiger charge is 2.16. The Morgan fingerprint density at radius 1 is 1.33 bits per heavy atom. The van der Waals surface area contributed by atoms with E-state index in [-0.39, 0.29) is 11.9 Å². The van der Waals surface area contributed by atoms with Crippen LogP contribution < -0.4 is 10.1 Å². The topological polar surface area (TPSA) is 85.2 Å². The van der Waals surface area contributed by atoms with Gasteiger partial charge < -0.3 is 15.0 Å². The molecular formula is C21H25ClN6O2. The van der Waals surface area contributed by atoms with E-state index in [2.05, 4.69) is 20.4 Å². The van der Waals surface area contributed by atoms with E-state index < -0.39 is 0 Å². The van der Waals surface area contributed by atoms with Gasteiger partial charge in [-0.2, -0.15) is 5.10 Å². The molecule has 1 aromatic carbocycles. The van der Waals surface area contributed by atoms with Crippen LogP contribution in [-0.2, 0) is 0 Å². The minimum Gasteiger partial charge on any atom is -0.495 e. The number of carbonyl (C=O) groups is 1. The van der Waals surface area contributed by atoms with Crippen LogP contribution in [0.4, 0.5) is 11.6 Å². The molecule has 0 fully saturated rings. The minimum atomic E-state index is -0.0758. The maximum Gasteiger partial charge on any atom is 0.253 e. The van der Waals surface area contributed by atoms with Crippen molar-refractivity contribution >= 4 is 29.1 Å². The van der Waals surface area contributed by atoms with Gasteiger partial charge in [-0.05, 0) is 45.0 Å². The summed E-state index contributed by atoms with van der Waals surface area (Å²) in [6.07, 6.45) is 3.42. The van der Waals surface area contributed by atoms with Gasteiger partial charge in [0.15, 0.2) is 0 Å². The van der Waals surface area contributed by atoms with Crippen molar-refractivity contribution in [2.75, 3.05) is 26.0 Å². The fraction of sp³-hybridized carbons (Fsp3) is 0.333. The minimum absolute atomic E-state index is 0.0758. The van der Waals surface area contributed by atoms with Gasteiger partial charge in [0.2, 0.25) is 5.95 Å². The van der Waals surface area contributed by atoms with Crippen LogP contribution >= 0.6 is 11.6 Å². The van der Waals surface area contributed by atoms with Gasteiger partial charge in [-0.15, -0.1) is 0 Å². The van der Waals surface area contributed by atoms with Crippen LogP contribution in [0.3, 0.4) is 0 Å². The third-order valence-electron chi connectivity index (χ3n) is 4.64. The fourth-order valence-electron chi connectivity index (χ4n) is 2.77. The summed E-state index contributed by atoms with van der Waals surface area (Å²) in [4.78, 5) is 22.8. The highest BCUT2D eigenvalue weighted by Crippen LogP contribution is 2.30. The Morgan fingerprint density at radius 2 is 2.10 bits per heavy atom. The van der Waals surface area contributed by atoms with E-state index in [1.165, 1.54) is 6.20 Å². The molecule has 0 saturated heterocycles. The Labute approximate surface area is 180 Å². The zero-order valence-corrected chi connectivity index (χ0v) is 18.4. The molecule has 0 aliphatic heterocycles. The molecule has 1 N–H and O–H groups in total. The number of halogens is 1. The monoisotopic (exact) mass is 428 g/mol. The normalized spacial score (nSPS) is 10.9. The van der Waals surface area contributed by atoms with Gasteiger partial charge in [-0.25, -0.2) is 9.97 Å². The molecule has 0 spiro atoms. The quantitative estimate of drug-likeness (QED) is 0.599. The number of amides is 1. The van der Waals surface area contributed by atoms with Crippen molar-refractivity contribution in [3.05, 3.63) is 47.2 Å². The standard InChI is InChI=1S/C21H25ClN6O2/c1-6-27(4)20(29)14-7-8-16(18(11-14)30-5)24-21-23-12-15(22)19(25-21)17-9-10-28(26-17)13(2)3/h7-13H,6H2,1-5H3,(H,23,24,25). The van der Waals surface area contributed by atoms with E-state index in [0.717, 1.165) is 0 Å². The smallest absolute Gasteiger partial charge is 0.253 e. The largest absolute Gasteiger partial charge is 0.495 e. The molecule has 0 saturated carbocycles. The van der Waals surface area contributed by atoms with E-state index >= 15 is 0 Å². The van der Waals surface area contributed by atoms with Crippen LogP contribution in [0.5, 0.6) is 5.75 Å². The van der Waals surface area contributed by atoms with E-state index in [1.54, 1.807) is 37.3 Å². The molecule has 9 heteroatoms. The van der Waals surface area contributed by atoms with Gasteiger partial charge in [-0.1, -0.05) is 11.6 Å². The van der Waals surface area contributed by atoms with Crippen molar-refractivity contribution in [2.45, 2.75) is 26.8 Å². The zero-order valence-electron chi connectivity index (χ0n) is 17.7. The Kier molecular flexibility index (Phi) is 6.56. The lowest BCUT2D eigenvalue weighted by Crippen LogP contribution is -2.26. The van der Waals surface area contributed by atoms with Gasteiger partial charge in [-0.3, -0.25) is 9.48 Å². The number of nitrogens with one attached hydrogen (secondary N) is 1. The molecule has 0 bridgehead atoms. The number of hydrogen-bond donors (Lipinski definition) is 1. The summed E-state index contributed by atoms with van der Waals surface area (Å²) < 4.78 is 7.30. The number of aromatic nitrogens is 4. The van der Waals surface area contributed by atoms with Crippen LogP contribution in [0.15, 0.2) is 36.7 Å². The molecule has 8 nitrogen and oxygen atoms in total. The van der Waals surface area contributed by atoms with Crippen LogP contribution in [-0.4, -0.2) is 51.3 Å². The lowest BCUT2D eigenvalue weighted by molar-refractivity contribution is 0.0802. The van der Waals surface area contributed by atoms with Crippen LogP contribution in [0.25, 0.3) is 11.4 Å². The van der Waals surface area contributed by atoms with E-state index in [4.69, 9.17) is 16.3 Å². The molecule has 3 aromatic rings. The first kappa shape index (κ1) is 21.6. The lowest BCUT2D eigenvalue weighted by Gasteiger charge is -2.16. The highest BCUT2D eigenvalue weighted by molar-refractivity contribution is 6.32. The van der Waals surface area contributed by atoms with Crippen LogP contribution in [0.2, 0.25) is 5.02 Å². The number of methoxy groups -OCH3 is 1. The molecule has 30 heavy (non-hydrogen) atoms. The number of anilines is 2. The average Bonchev–Trinajstić information content (AvgIpc) is 3.24. The summed E-state index contributed by atoms with van der Waals surface area (Å²) in [7, 11) is 3.30. The van der Waals surface area contributed by atoms with Gasteiger partial charge >= 0.3 is 0 Å². The Bertz CT molecular complexity index is 1050. The number of hydrogen-bond acceptors (Lipinski definition) is 6. The average molecular weight is 429 g/mol. The maximum atomic E-state index is 12.4. The summed E-state index contributed by atoms with van der Waals surface area (Å²) in [5, 5.41) is 8.07. The van der Waals surface area contributed by atoms with E-state index in [9.17, 15) is 4.79 Å². The maximum absolute atomic E-state index is 12.4. The second-order valence-corrected chi connectivity index (χ2v) is 7.43. The highest BCUT2D eigenvalue weighted by atomic mass is 35.5. The second kappa shape index (κ2) is 9.13. The van der Waals surface area contributed by atoms with E-state index in [0.29, 0.717) is 45.9 Å². The predicted molar refractivity (Wildman–Crippen MR) is 118 cm³/mol. The van der Waals surface area contributed by atoms with Crippen molar-refractivity contribution in [1.82, 2.24) is 24.6 Å². The molecular weight excluding hydrogens is 404 g/mol. The zero-order chi connectivity index (χ0) is 21.8. The molecule has 0 radical (unpaired) electrons. The number of rotatable bonds is 7. The van der Waals surface area contributed by atoms with Gasteiger partial charge in [0.1, 0.15) is 17.1 Å². The molecule has 0 unspecified atom stereocenters. The van der Waals surface area contributed by atoms with Gasteiger partial charge in [0, 0.05) is 31.4 Å². The van der Waals surface area contributed by atoms with Crippen LogP contribution in [0, 0.1) is 0 Å². The van der Waals surface area contributed by atoms with Crippen molar-refractivity contribution < 1.29 is 9.53 Å². The molecule has 158 valence electrons. The first-order valence-corrected chi connectivity index (χ1v) is 10.0. The van der Waals surface area contributed by atoms with Gasteiger partial charge in [0.05, 0.1) is 24.0 Å². The molecule has 0 aliphatic rings. The van der Waals surface area contributed by atoms with Gasteiger partial charge in [0.25, 0.3) is 5.91 Å². The Hall–Kier alpha value is -3.13. The third-order valence-corrected chi connectivity index (χ3v) is 4.92. The molecule has 2 heterocycles. The first-order chi connectivity index (χ1) is 14.3. The predicted octanol–water partition coefficient (Wildman–Crippen LogP) is 4.42. The number of ether oxygens (including phenoxy) is 1. The van der Waals surface area contributed by atoms with Crippen molar-refractivity contribution in [3.8, 4) is 17.1 Å². The second-order valence-electron chi connectivity index (χ2n) is 7.02. The number of benzene rings is 1. The summed E-state index contributed by atoms with van der Waals surface area (Å²) in [5.74, 6) is 0.777. The summed E-state index contributed by atoms with van der Waals surface area (Å²) in [6.45, 7) is 6.63. The summed E-state index contributed by atoms with van der Waals surface area (Å²) in [6, 6.07) is 7.29. The van der Waals surface area contributed by atoms with Crippen molar-refractivity contribution in [1.29, 1.82) is 0 Å². The SMILES string of the molecule is CCN(C)C(=O)c1ccc(Nc2ncc(Cl)c(-c3ccn(C(C)C)n3)n2)c(OC)c1. The van der Waals surface area contributed by atoms with Crippen molar-refractivity contribution in [3.63, 3.8) is 0 Å². The van der Waals surface area contributed by atoms with Crippen molar-refractivity contribution in [2.24, 2.45) is 0 Å². The first-order valence-electron chi connectivity index (χ1n) is 9.62. The fourth-order valence-corrected chi connectivity index (χ4v) is 2.96. The molecule has 0 aliphatic carbocycles. The summed E-state index contributed by atoms with van der Waals surface area (Å²) >= 11 is 6.31. The number of carbonyl (C=O) groups excluding carboxylic acids is 1. The Balaban J connectivity index is 1.90.